The minimum absolute atomic E-state index is 0.131. The third-order valence-electron chi connectivity index (χ3n) is 6.91. The summed E-state index contributed by atoms with van der Waals surface area (Å²) in [4.78, 5) is 1.06. The van der Waals surface area contributed by atoms with Crippen LogP contribution in [0.1, 0.15) is 16.7 Å². The smallest absolute Gasteiger partial charge is 0.137 e. The Morgan fingerprint density at radius 1 is 0.595 bits per heavy atom. The molecule has 5 atom stereocenters. The molecule has 1 heterocycles. The second kappa shape index (κ2) is 16.3. The molecule has 0 spiro atoms. The van der Waals surface area contributed by atoms with Gasteiger partial charge in [-0.3, -0.25) is 0 Å². The van der Waals surface area contributed by atoms with Crippen LogP contribution in [0.2, 0.25) is 0 Å². The zero-order chi connectivity index (χ0) is 28.8. The molecule has 0 aliphatic carbocycles. The highest BCUT2D eigenvalue weighted by atomic mass is 32.2. The van der Waals surface area contributed by atoms with Gasteiger partial charge in [-0.05, 0) is 28.8 Å². The number of ether oxygens (including phenoxy) is 5. The second-order valence-corrected chi connectivity index (χ2v) is 11.1. The lowest BCUT2D eigenvalue weighted by Gasteiger charge is -2.45. The lowest BCUT2D eigenvalue weighted by Crippen LogP contribution is -2.60. The Labute approximate surface area is 253 Å². The molecular formula is C36H36O5S. The minimum atomic E-state index is -0.485. The Morgan fingerprint density at radius 2 is 1.10 bits per heavy atom. The first-order chi connectivity index (χ1) is 20.8. The van der Waals surface area contributed by atoms with Crippen molar-refractivity contribution in [2.45, 2.75) is 54.6 Å². The summed E-state index contributed by atoms with van der Waals surface area (Å²) in [5.74, 6) is 2.62. The van der Waals surface area contributed by atoms with E-state index >= 15 is 0 Å². The van der Waals surface area contributed by atoms with E-state index < -0.39 is 29.9 Å². The molecule has 0 N–H and O–H groups in total. The number of terminal acetylenes is 1. The normalized spacial score (nSPS) is 21.9. The van der Waals surface area contributed by atoms with E-state index in [0.29, 0.717) is 26.4 Å². The van der Waals surface area contributed by atoms with Crippen LogP contribution in [0.25, 0.3) is 0 Å². The van der Waals surface area contributed by atoms with Crippen LogP contribution in [0.3, 0.4) is 0 Å². The quantitative estimate of drug-likeness (QED) is 0.151. The van der Waals surface area contributed by atoms with Gasteiger partial charge in [0, 0.05) is 4.90 Å². The molecule has 216 valence electrons. The van der Waals surface area contributed by atoms with Gasteiger partial charge in [0.15, 0.2) is 0 Å². The van der Waals surface area contributed by atoms with Gasteiger partial charge in [0.2, 0.25) is 0 Å². The molecule has 0 unspecified atom stereocenters. The van der Waals surface area contributed by atoms with Gasteiger partial charge in [-0.1, -0.05) is 127 Å². The van der Waals surface area contributed by atoms with Gasteiger partial charge in [0.1, 0.15) is 36.5 Å². The summed E-state index contributed by atoms with van der Waals surface area (Å²) in [6, 6.07) is 40.5. The van der Waals surface area contributed by atoms with Crippen LogP contribution in [0.15, 0.2) is 126 Å². The van der Waals surface area contributed by atoms with E-state index in [-0.39, 0.29) is 6.61 Å². The number of benzene rings is 4. The third kappa shape index (κ3) is 8.80. The Hall–Kier alpha value is -3.41. The summed E-state index contributed by atoms with van der Waals surface area (Å²) in [5.41, 5.74) is 2.82. The summed E-state index contributed by atoms with van der Waals surface area (Å²) in [5, 5.41) is 0. The van der Waals surface area contributed by atoms with Crippen molar-refractivity contribution < 1.29 is 23.7 Å². The average Bonchev–Trinajstić information content (AvgIpc) is 3.04. The van der Waals surface area contributed by atoms with Crippen LogP contribution in [0.5, 0.6) is 0 Å². The molecular weight excluding hydrogens is 544 g/mol. The van der Waals surface area contributed by atoms with Gasteiger partial charge in [-0.15, -0.1) is 6.42 Å². The average molecular weight is 581 g/mol. The summed E-state index contributed by atoms with van der Waals surface area (Å²) < 4.78 is 32.6. The maximum Gasteiger partial charge on any atom is 0.137 e. The van der Waals surface area contributed by atoms with Crippen molar-refractivity contribution in [2.75, 3.05) is 13.2 Å². The van der Waals surface area contributed by atoms with Crippen LogP contribution >= 0.6 is 11.8 Å². The molecule has 4 aromatic carbocycles. The molecule has 6 heteroatoms. The first-order valence-electron chi connectivity index (χ1n) is 14.1. The van der Waals surface area contributed by atoms with Crippen LogP contribution in [0.4, 0.5) is 0 Å². The van der Waals surface area contributed by atoms with Crippen molar-refractivity contribution >= 4 is 11.8 Å². The van der Waals surface area contributed by atoms with Crippen molar-refractivity contribution in [2.24, 2.45) is 0 Å². The van der Waals surface area contributed by atoms with Crippen molar-refractivity contribution in [3.8, 4) is 12.3 Å². The Morgan fingerprint density at radius 3 is 1.64 bits per heavy atom. The van der Waals surface area contributed by atoms with Gasteiger partial charge < -0.3 is 23.7 Å². The lowest BCUT2D eigenvalue weighted by molar-refractivity contribution is -0.250. The van der Waals surface area contributed by atoms with E-state index in [0.717, 1.165) is 21.6 Å². The van der Waals surface area contributed by atoms with E-state index in [1.54, 1.807) is 11.8 Å². The predicted octanol–water partition coefficient (Wildman–Crippen LogP) is 6.91. The van der Waals surface area contributed by atoms with Crippen LogP contribution < -0.4 is 0 Å². The molecule has 0 bridgehead atoms. The van der Waals surface area contributed by atoms with E-state index in [1.165, 1.54) is 0 Å². The minimum Gasteiger partial charge on any atom is -0.374 e. The molecule has 1 aliphatic rings. The largest absolute Gasteiger partial charge is 0.374 e. The van der Waals surface area contributed by atoms with Crippen molar-refractivity contribution in [3.63, 3.8) is 0 Å². The van der Waals surface area contributed by atoms with Crippen LogP contribution in [-0.2, 0) is 43.5 Å². The fourth-order valence-electron chi connectivity index (χ4n) is 4.85. The maximum atomic E-state index is 6.76. The molecule has 0 amide bonds. The van der Waals surface area contributed by atoms with Gasteiger partial charge >= 0.3 is 0 Å². The molecule has 4 aromatic rings. The van der Waals surface area contributed by atoms with Gasteiger partial charge in [-0.25, -0.2) is 0 Å². The lowest BCUT2D eigenvalue weighted by atomic mass is 9.99. The van der Waals surface area contributed by atoms with Crippen LogP contribution in [0, 0.1) is 12.3 Å². The fraction of sp³-hybridized carbons (Fsp3) is 0.278. The van der Waals surface area contributed by atoms with E-state index in [4.69, 9.17) is 30.1 Å². The molecule has 1 aliphatic heterocycles. The zero-order valence-electron chi connectivity index (χ0n) is 23.5. The summed E-state index contributed by atoms with van der Waals surface area (Å²) in [7, 11) is 0. The van der Waals surface area contributed by atoms with Crippen molar-refractivity contribution in [3.05, 3.63) is 138 Å². The highest BCUT2D eigenvalue weighted by Gasteiger charge is 2.48. The highest BCUT2D eigenvalue weighted by Crippen LogP contribution is 2.38. The van der Waals surface area contributed by atoms with Gasteiger partial charge in [-0.2, -0.15) is 0 Å². The molecule has 42 heavy (non-hydrogen) atoms. The summed E-state index contributed by atoms with van der Waals surface area (Å²) >= 11 is 1.59. The number of hydrogen-bond donors (Lipinski definition) is 0. The predicted molar refractivity (Wildman–Crippen MR) is 166 cm³/mol. The molecule has 0 aromatic heterocycles. The Bertz CT molecular complexity index is 1350. The maximum absolute atomic E-state index is 6.76. The fourth-order valence-corrected chi connectivity index (χ4v) is 6.00. The molecule has 0 radical (unpaired) electrons. The van der Waals surface area contributed by atoms with E-state index in [2.05, 4.69) is 30.2 Å². The van der Waals surface area contributed by atoms with E-state index in [1.807, 2.05) is 97.1 Å². The van der Waals surface area contributed by atoms with Gasteiger partial charge in [0.05, 0.1) is 26.4 Å². The molecule has 1 saturated heterocycles. The number of rotatable bonds is 14. The molecule has 5 rings (SSSR count). The second-order valence-electron chi connectivity index (χ2n) is 9.98. The third-order valence-corrected chi connectivity index (χ3v) is 8.07. The first kappa shape index (κ1) is 30.1. The SMILES string of the molecule is C#CCO[C@@H]1[C@@H](OCc2ccccc2)[C@H](OCc2ccccc2)[C@@H](COCc2ccccc2)O[C@@H]1Sc1ccccc1. The number of hydrogen-bond acceptors (Lipinski definition) is 6. The van der Waals surface area contributed by atoms with Crippen LogP contribution in [-0.4, -0.2) is 43.1 Å². The first-order valence-corrected chi connectivity index (χ1v) is 15.0. The molecule has 5 nitrogen and oxygen atoms in total. The Balaban J connectivity index is 1.43. The van der Waals surface area contributed by atoms with Crippen molar-refractivity contribution in [1.29, 1.82) is 0 Å². The standard InChI is InChI=1S/C36H36O5S/c1-2-23-38-35-34(40-26-30-19-11-5-12-20-30)33(39-25-29-17-9-4-10-18-29)32(27-37-24-28-15-7-3-8-16-28)41-36(35)42-31-21-13-6-14-22-31/h1,3-22,32-36H,23-27H2/t32-,33-,34+,35-,36-/m1/s1. The molecule has 0 saturated carbocycles. The topological polar surface area (TPSA) is 46.2 Å². The van der Waals surface area contributed by atoms with Gasteiger partial charge in [0.25, 0.3) is 0 Å². The highest BCUT2D eigenvalue weighted by molar-refractivity contribution is 7.99. The Kier molecular flexibility index (Phi) is 11.7. The van der Waals surface area contributed by atoms with E-state index in [9.17, 15) is 0 Å². The van der Waals surface area contributed by atoms with Crippen molar-refractivity contribution in [1.82, 2.24) is 0 Å². The summed E-state index contributed by atoms with van der Waals surface area (Å²) in [6.45, 7) is 1.72. The number of thioether (sulfide) groups is 1. The monoisotopic (exact) mass is 580 g/mol. The molecule has 1 fully saturated rings. The summed E-state index contributed by atoms with van der Waals surface area (Å²) in [6.07, 6.45) is 3.82. The zero-order valence-corrected chi connectivity index (χ0v) is 24.3.